The van der Waals surface area contributed by atoms with Gasteiger partial charge in [0.15, 0.2) is 6.61 Å². The number of imide groups is 1. The second-order valence-electron chi connectivity index (χ2n) is 6.62. The normalized spacial score (nSPS) is 12.3. The van der Waals surface area contributed by atoms with Gasteiger partial charge < -0.3 is 10.1 Å². The van der Waals surface area contributed by atoms with Crippen molar-refractivity contribution in [2.24, 2.45) is 0 Å². The Kier molecular flexibility index (Phi) is 6.70. The number of halogens is 6. The molecule has 2 N–H and O–H groups in total. The van der Waals surface area contributed by atoms with E-state index in [1.165, 1.54) is 0 Å². The van der Waals surface area contributed by atoms with Gasteiger partial charge in [0.25, 0.3) is 5.91 Å². The average Bonchev–Trinajstić information content (AvgIpc) is 2.48. The van der Waals surface area contributed by atoms with E-state index >= 15 is 0 Å². The summed E-state index contributed by atoms with van der Waals surface area (Å²) < 4.78 is 81.0. The number of ether oxygens (including phenoxy) is 1. The fourth-order valence-corrected chi connectivity index (χ4v) is 1.82. The maximum atomic E-state index is 12.8. The smallest absolute Gasteiger partial charge is 0.416 e. The quantitative estimate of drug-likeness (QED) is 0.586. The Hall–Kier alpha value is -2.79. The van der Waals surface area contributed by atoms with Crippen LogP contribution in [0.4, 0.5) is 31.1 Å². The summed E-state index contributed by atoms with van der Waals surface area (Å²) in [5, 5.41) is 4.14. The molecule has 12 heteroatoms. The number of esters is 1. The molecular formula is C16H16F6N2O4. The molecule has 6 nitrogen and oxygen atoms in total. The molecule has 0 atom stereocenters. The molecule has 0 aliphatic rings. The Morgan fingerprint density at radius 1 is 0.893 bits per heavy atom. The first-order valence-electron chi connectivity index (χ1n) is 7.57. The first-order valence-corrected chi connectivity index (χ1v) is 7.57. The lowest BCUT2D eigenvalue weighted by molar-refractivity contribution is -0.143. The Balaban J connectivity index is 2.89. The molecule has 3 amide bonds. The van der Waals surface area contributed by atoms with Gasteiger partial charge in [-0.3, -0.25) is 10.1 Å². The summed E-state index contributed by atoms with van der Waals surface area (Å²) in [4.78, 5) is 34.8. The van der Waals surface area contributed by atoms with Crippen LogP contribution in [0.5, 0.6) is 0 Å². The van der Waals surface area contributed by atoms with E-state index in [0.29, 0.717) is 0 Å². The summed E-state index contributed by atoms with van der Waals surface area (Å²) in [6, 6.07) is -0.740. The number of carbonyl (C=O) groups is 3. The van der Waals surface area contributed by atoms with E-state index in [0.717, 1.165) is 0 Å². The van der Waals surface area contributed by atoms with Crippen LogP contribution in [-0.4, -0.2) is 30.1 Å². The zero-order valence-electron chi connectivity index (χ0n) is 14.8. The molecular weight excluding hydrogens is 398 g/mol. The highest BCUT2D eigenvalue weighted by atomic mass is 19.4. The summed E-state index contributed by atoms with van der Waals surface area (Å²) in [6.45, 7) is 3.75. The van der Waals surface area contributed by atoms with E-state index in [1.807, 2.05) is 0 Å². The number of urea groups is 1. The number of nitrogens with one attached hydrogen (secondary N) is 2. The molecule has 0 aromatic heterocycles. The van der Waals surface area contributed by atoms with Crippen LogP contribution in [0.15, 0.2) is 18.2 Å². The molecule has 0 spiro atoms. The minimum atomic E-state index is -5.14. The first kappa shape index (κ1) is 23.2. The summed E-state index contributed by atoms with van der Waals surface area (Å²) in [5.41, 5.74) is -5.15. The third-order valence-electron chi connectivity index (χ3n) is 2.90. The lowest BCUT2D eigenvalue weighted by atomic mass is 10.0. The number of alkyl halides is 6. The Morgan fingerprint density at radius 3 is 1.75 bits per heavy atom. The van der Waals surface area contributed by atoms with Crippen molar-refractivity contribution in [1.29, 1.82) is 0 Å². The van der Waals surface area contributed by atoms with Crippen molar-refractivity contribution in [1.82, 2.24) is 10.6 Å². The van der Waals surface area contributed by atoms with Gasteiger partial charge in [-0.25, -0.2) is 9.59 Å². The zero-order chi connectivity index (χ0) is 21.9. The van der Waals surface area contributed by atoms with Gasteiger partial charge in [-0.15, -0.1) is 0 Å². The molecule has 0 radical (unpaired) electrons. The lowest BCUT2D eigenvalue weighted by Crippen LogP contribution is -2.49. The average molecular weight is 414 g/mol. The number of carbonyl (C=O) groups excluding carboxylic acids is 3. The number of amides is 3. The minimum Gasteiger partial charge on any atom is -0.452 e. The second-order valence-corrected chi connectivity index (χ2v) is 6.62. The van der Waals surface area contributed by atoms with Gasteiger partial charge in [0, 0.05) is 5.54 Å². The molecule has 0 fully saturated rings. The second kappa shape index (κ2) is 8.07. The van der Waals surface area contributed by atoms with Crippen molar-refractivity contribution in [3.63, 3.8) is 0 Å². The topological polar surface area (TPSA) is 84.5 Å². The monoisotopic (exact) mass is 414 g/mol. The van der Waals surface area contributed by atoms with E-state index in [4.69, 9.17) is 0 Å². The predicted molar refractivity (Wildman–Crippen MR) is 83.2 cm³/mol. The standard InChI is InChI=1S/C16H16F6N2O4/c1-14(2,3)24-13(27)23-11(25)7-28-12(26)8-4-9(15(17,18)19)6-10(5-8)16(20,21)22/h4-6H,7H2,1-3H3,(H2,23,24,25,27). The predicted octanol–water partition coefficient (Wildman–Crippen LogP) is 3.51. The third-order valence-corrected chi connectivity index (χ3v) is 2.90. The first-order chi connectivity index (χ1) is 12.5. The summed E-state index contributed by atoms with van der Waals surface area (Å²) in [5.74, 6) is -2.72. The van der Waals surface area contributed by atoms with Crippen molar-refractivity contribution < 1.29 is 45.5 Å². The van der Waals surface area contributed by atoms with Gasteiger partial charge in [-0.1, -0.05) is 0 Å². The maximum absolute atomic E-state index is 12.8. The van der Waals surface area contributed by atoms with Crippen LogP contribution in [0.1, 0.15) is 42.3 Å². The maximum Gasteiger partial charge on any atom is 0.416 e. The molecule has 28 heavy (non-hydrogen) atoms. The molecule has 0 saturated heterocycles. The van der Waals surface area contributed by atoms with Crippen molar-refractivity contribution in [2.75, 3.05) is 6.61 Å². The number of benzene rings is 1. The fraction of sp³-hybridized carbons (Fsp3) is 0.438. The van der Waals surface area contributed by atoms with E-state index in [9.17, 15) is 40.7 Å². The zero-order valence-corrected chi connectivity index (χ0v) is 14.8. The van der Waals surface area contributed by atoms with Crippen LogP contribution in [0.2, 0.25) is 0 Å². The molecule has 0 saturated carbocycles. The molecule has 0 unspecified atom stereocenters. The summed E-state index contributed by atoms with van der Waals surface area (Å²) in [7, 11) is 0. The molecule has 0 bridgehead atoms. The van der Waals surface area contributed by atoms with Crippen LogP contribution < -0.4 is 10.6 Å². The third kappa shape index (κ3) is 7.45. The van der Waals surface area contributed by atoms with Gasteiger partial charge in [-0.2, -0.15) is 26.3 Å². The van der Waals surface area contributed by atoms with Gasteiger partial charge in [-0.05, 0) is 39.0 Å². The number of hydrogen-bond donors (Lipinski definition) is 2. The summed E-state index contributed by atoms with van der Waals surface area (Å²) in [6.07, 6.45) is -10.3. The highest BCUT2D eigenvalue weighted by Crippen LogP contribution is 2.36. The van der Waals surface area contributed by atoms with Crippen LogP contribution in [0.25, 0.3) is 0 Å². The van der Waals surface area contributed by atoms with Crippen molar-refractivity contribution >= 4 is 17.9 Å². The molecule has 0 aliphatic carbocycles. The van der Waals surface area contributed by atoms with Gasteiger partial charge in [0.2, 0.25) is 0 Å². The lowest BCUT2D eigenvalue weighted by Gasteiger charge is -2.20. The van der Waals surface area contributed by atoms with Crippen molar-refractivity contribution in [3.8, 4) is 0 Å². The minimum absolute atomic E-state index is 0.152. The van der Waals surface area contributed by atoms with Crippen LogP contribution in [-0.2, 0) is 21.9 Å². The van der Waals surface area contributed by atoms with Crippen molar-refractivity contribution in [2.45, 2.75) is 38.7 Å². The molecule has 0 heterocycles. The van der Waals surface area contributed by atoms with Crippen LogP contribution in [0, 0.1) is 0 Å². The van der Waals surface area contributed by atoms with Crippen LogP contribution >= 0.6 is 0 Å². The number of rotatable bonds is 3. The van der Waals surface area contributed by atoms with Crippen LogP contribution in [0.3, 0.4) is 0 Å². The SMILES string of the molecule is CC(C)(C)NC(=O)NC(=O)COC(=O)c1cc(C(F)(F)F)cc(C(F)(F)F)c1. The largest absolute Gasteiger partial charge is 0.452 e. The van der Waals surface area contributed by atoms with E-state index in [-0.39, 0.29) is 18.2 Å². The Morgan fingerprint density at radius 2 is 1.36 bits per heavy atom. The fourth-order valence-electron chi connectivity index (χ4n) is 1.82. The summed E-state index contributed by atoms with van der Waals surface area (Å²) >= 11 is 0. The van der Waals surface area contributed by atoms with E-state index in [1.54, 1.807) is 26.1 Å². The highest BCUT2D eigenvalue weighted by molar-refractivity contribution is 5.97. The van der Waals surface area contributed by atoms with Gasteiger partial charge >= 0.3 is 24.4 Å². The molecule has 1 aromatic carbocycles. The Bertz CT molecular complexity index is 734. The number of hydrogen-bond acceptors (Lipinski definition) is 4. The molecule has 0 aliphatic heterocycles. The molecule has 1 rings (SSSR count). The van der Waals surface area contributed by atoms with Gasteiger partial charge in [0.05, 0.1) is 16.7 Å². The highest BCUT2D eigenvalue weighted by Gasteiger charge is 2.37. The van der Waals surface area contributed by atoms with E-state index < -0.39 is 59.1 Å². The van der Waals surface area contributed by atoms with Gasteiger partial charge in [0.1, 0.15) is 0 Å². The molecule has 1 aromatic rings. The molecule has 156 valence electrons. The Labute approximate surface area is 155 Å². The van der Waals surface area contributed by atoms with Crippen molar-refractivity contribution in [3.05, 3.63) is 34.9 Å². The van der Waals surface area contributed by atoms with E-state index in [2.05, 4.69) is 10.1 Å².